The van der Waals surface area contributed by atoms with Crippen molar-refractivity contribution in [1.29, 1.82) is 0 Å². The topological polar surface area (TPSA) is 117 Å². The zero-order valence-electron chi connectivity index (χ0n) is 15.3. The molecule has 0 unspecified atom stereocenters. The Morgan fingerprint density at radius 2 is 1.90 bits per heavy atom. The summed E-state index contributed by atoms with van der Waals surface area (Å²) in [5.74, 6) is 1.05. The molecule has 10 heteroatoms. The highest BCUT2D eigenvalue weighted by Crippen LogP contribution is 2.24. The maximum atomic E-state index is 12.7. The summed E-state index contributed by atoms with van der Waals surface area (Å²) in [5.41, 5.74) is 1.16. The maximum Gasteiger partial charge on any atom is 0.269 e. The van der Waals surface area contributed by atoms with E-state index < -0.39 is 4.92 Å². The van der Waals surface area contributed by atoms with E-state index in [-0.39, 0.29) is 11.2 Å². The minimum absolute atomic E-state index is 0.00654. The van der Waals surface area contributed by atoms with Crippen LogP contribution < -0.4 is 5.56 Å². The molecule has 4 rings (SSSR count). The number of benzene rings is 2. The molecule has 2 heterocycles. The molecule has 0 spiro atoms. The van der Waals surface area contributed by atoms with Gasteiger partial charge in [-0.25, -0.2) is 4.98 Å². The van der Waals surface area contributed by atoms with Crippen LogP contribution in [0, 0.1) is 10.1 Å². The van der Waals surface area contributed by atoms with Gasteiger partial charge < -0.3 is 4.52 Å². The molecule has 0 fully saturated rings. The van der Waals surface area contributed by atoms with Gasteiger partial charge in [0.05, 0.1) is 21.6 Å². The van der Waals surface area contributed by atoms with Gasteiger partial charge in [0.2, 0.25) is 11.7 Å². The summed E-state index contributed by atoms with van der Waals surface area (Å²) in [6.45, 7) is 2.39. The van der Waals surface area contributed by atoms with Gasteiger partial charge in [-0.1, -0.05) is 29.1 Å². The normalized spacial score (nSPS) is 11.1. The molecule has 0 saturated heterocycles. The number of nitrogens with zero attached hydrogens (tertiary/aromatic N) is 5. The van der Waals surface area contributed by atoms with Gasteiger partial charge in [0, 0.05) is 24.2 Å². The number of hydrogen-bond donors (Lipinski definition) is 0. The highest BCUT2D eigenvalue weighted by atomic mass is 32.2. The predicted molar refractivity (Wildman–Crippen MR) is 108 cm³/mol. The molecule has 2 aromatic heterocycles. The summed E-state index contributed by atoms with van der Waals surface area (Å²) in [4.78, 5) is 31.9. The average Bonchev–Trinajstić information content (AvgIpc) is 3.21. The third-order valence-corrected chi connectivity index (χ3v) is 5.23. The van der Waals surface area contributed by atoms with Crippen molar-refractivity contribution in [3.63, 3.8) is 0 Å². The van der Waals surface area contributed by atoms with E-state index in [1.807, 2.05) is 19.1 Å². The van der Waals surface area contributed by atoms with Gasteiger partial charge in [-0.2, -0.15) is 4.98 Å². The third-order valence-electron chi connectivity index (χ3n) is 4.27. The number of para-hydroxylation sites is 1. The molecule has 0 aliphatic heterocycles. The standard InChI is InChI=1S/C19H15N5O4S/c1-2-23-18(25)14-5-3-4-6-15(14)20-19(23)29-11-16-21-17(22-28-16)12-7-9-13(10-8-12)24(26)27/h3-10H,2,11H2,1H3. The van der Waals surface area contributed by atoms with E-state index in [0.717, 1.165) is 0 Å². The fourth-order valence-corrected chi connectivity index (χ4v) is 3.73. The lowest BCUT2D eigenvalue weighted by Crippen LogP contribution is -2.22. The number of nitro groups is 1. The van der Waals surface area contributed by atoms with Crippen molar-refractivity contribution in [3.8, 4) is 11.4 Å². The third kappa shape index (κ3) is 3.74. The molecule has 0 saturated carbocycles. The van der Waals surface area contributed by atoms with Crippen molar-refractivity contribution < 1.29 is 9.45 Å². The van der Waals surface area contributed by atoms with Gasteiger partial charge >= 0.3 is 0 Å². The Morgan fingerprint density at radius 1 is 1.14 bits per heavy atom. The zero-order valence-corrected chi connectivity index (χ0v) is 16.1. The van der Waals surface area contributed by atoms with Crippen molar-refractivity contribution >= 4 is 28.4 Å². The lowest BCUT2D eigenvalue weighted by molar-refractivity contribution is -0.384. The maximum absolute atomic E-state index is 12.7. The highest BCUT2D eigenvalue weighted by Gasteiger charge is 2.14. The van der Waals surface area contributed by atoms with Gasteiger partial charge in [-0.05, 0) is 31.2 Å². The van der Waals surface area contributed by atoms with E-state index in [1.165, 1.54) is 23.9 Å². The molecule has 0 aliphatic rings. The van der Waals surface area contributed by atoms with Crippen molar-refractivity contribution in [2.24, 2.45) is 0 Å². The van der Waals surface area contributed by atoms with Gasteiger partial charge in [-0.15, -0.1) is 0 Å². The Balaban J connectivity index is 1.56. The molecule has 0 atom stereocenters. The van der Waals surface area contributed by atoms with Crippen LogP contribution in [0.25, 0.3) is 22.3 Å². The Labute approximate surface area is 168 Å². The van der Waals surface area contributed by atoms with Crippen LogP contribution in [-0.2, 0) is 12.3 Å². The molecule has 0 N–H and O–H groups in total. The van der Waals surface area contributed by atoms with E-state index in [9.17, 15) is 14.9 Å². The Kier molecular flexibility index (Phi) is 5.09. The molecule has 0 bridgehead atoms. The first-order chi connectivity index (χ1) is 14.1. The van der Waals surface area contributed by atoms with Crippen LogP contribution in [0.5, 0.6) is 0 Å². The largest absolute Gasteiger partial charge is 0.338 e. The number of fused-ring (bicyclic) bond motifs is 1. The summed E-state index contributed by atoms with van der Waals surface area (Å²) < 4.78 is 6.89. The van der Waals surface area contributed by atoms with Crippen LogP contribution in [-0.4, -0.2) is 24.6 Å². The van der Waals surface area contributed by atoms with Crippen molar-refractivity contribution in [2.45, 2.75) is 24.4 Å². The number of aromatic nitrogens is 4. The number of thioether (sulfide) groups is 1. The number of non-ortho nitro benzene ring substituents is 1. The van der Waals surface area contributed by atoms with Crippen LogP contribution in [0.3, 0.4) is 0 Å². The van der Waals surface area contributed by atoms with E-state index in [2.05, 4.69) is 15.1 Å². The molecule has 146 valence electrons. The first kappa shape index (κ1) is 18.8. The second-order valence-corrected chi connectivity index (χ2v) is 7.01. The van der Waals surface area contributed by atoms with Crippen LogP contribution in [0.1, 0.15) is 12.8 Å². The lowest BCUT2D eigenvalue weighted by atomic mass is 10.2. The van der Waals surface area contributed by atoms with E-state index >= 15 is 0 Å². The van der Waals surface area contributed by atoms with Crippen molar-refractivity contribution in [3.05, 3.63) is 74.9 Å². The van der Waals surface area contributed by atoms with Gasteiger partial charge in [0.25, 0.3) is 11.2 Å². The highest BCUT2D eigenvalue weighted by molar-refractivity contribution is 7.98. The second-order valence-electron chi connectivity index (χ2n) is 6.07. The Hall–Kier alpha value is -3.53. The summed E-state index contributed by atoms with van der Waals surface area (Å²) in [7, 11) is 0. The number of rotatable bonds is 6. The quantitative estimate of drug-likeness (QED) is 0.205. The van der Waals surface area contributed by atoms with E-state index in [0.29, 0.717) is 45.6 Å². The van der Waals surface area contributed by atoms with Gasteiger partial charge in [-0.3, -0.25) is 19.5 Å². The molecule has 2 aromatic carbocycles. The summed E-state index contributed by atoms with van der Waals surface area (Å²) in [6.07, 6.45) is 0. The smallest absolute Gasteiger partial charge is 0.269 e. The van der Waals surface area contributed by atoms with Gasteiger partial charge in [0.15, 0.2) is 5.16 Å². The van der Waals surface area contributed by atoms with E-state index in [1.54, 1.807) is 28.8 Å². The fourth-order valence-electron chi connectivity index (χ4n) is 2.83. The second kappa shape index (κ2) is 7.84. The number of nitro benzene ring substituents is 1. The summed E-state index contributed by atoms with van der Waals surface area (Å²) >= 11 is 1.33. The lowest BCUT2D eigenvalue weighted by Gasteiger charge is -2.10. The Bertz CT molecular complexity index is 1250. The summed E-state index contributed by atoms with van der Waals surface area (Å²) in [6, 6.07) is 13.1. The fraction of sp³-hybridized carbons (Fsp3) is 0.158. The first-order valence-electron chi connectivity index (χ1n) is 8.76. The first-order valence-corrected chi connectivity index (χ1v) is 9.75. The van der Waals surface area contributed by atoms with Crippen molar-refractivity contribution in [2.75, 3.05) is 0 Å². The molecular weight excluding hydrogens is 394 g/mol. The minimum Gasteiger partial charge on any atom is -0.338 e. The molecular formula is C19H15N5O4S. The van der Waals surface area contributed by atoms with Crippen LogP contribution in [0.15, 0.2) is 63.0 Å². The van der Waals surface area contributed by atoms with Crippen molar-refractivity contribution in [1.82, 2.24) is 19.7 Å². The molecule has 4 aromatic rings. The van der Waals surface area contributed by atoms with E-state index in [4.69, 9.17) is 4.52 Å². The monoisotopic (exact) mass is 409 g/mol. The average molecular weight is 409 g/mol. The zero-order chi connectivity index (χ0) is 20.4. The van der Waals surface area contributed by atoms with Crippen LogP contribution in [0.2, 0.25) is 0 Å². The Morgan fingerprint density at radius 3 is 2.62 bits per heavy atom. The molecule has 0 aliphatic carbocycles. The molecule has 9 nitrogen and oxygen atoms in total. The van der Waals surface area contributed by atoms with Crippen LogP contribution >= 0.6 is 11.8 Å². The summed E-state index contributed by atoms with van der Waals surface area (Å²) in [5, 5.41) is 15.8. The predicted octanol–water partition coefficient (Wildman–Crippen LogP) is 3.67. The molecule has 0 radical (unpaired) electrons. The van der Waals surface area contributed by atoms with Gasteiger partial charge in [0.1, 0.15) is 0 Å². The van der Waals surface area contributed by atoms with Crippen LogP contribution in [0.4, 0.5) is 5.69 Å². The minimum atomic E-state index is -0.466. The number of hydrogen-bond acceptors (Lipinski definition) is 8. The SMILES string of the molecule is CCn1c(SCc2nc(-c3ccc([N+](=O)[O-])cc3)no2)nc2ccccc2c1=O. The molecule has 29 heavy (non-hydrogen) atoms. The molecule has 0 amide bonds.